The molecule has 1 atom stereocenters. The van der Waals surface area contributed by atoms with Crippen molar-refractivity contribution in [3.05, 3.63) is 123 Å². The summed E-state index contributed by atoms with van der Waals surface area (Å²) in [5.41, 5.74) is 6.24. The number of tetrazole rings is 1. The fraction of sp³-hybridized carbons (Fsp3) is 0.353. The Morgan fingerprint density at radius 2 is 1.59 bits per heavy atom. The van der Waals surface area contributed by atoms with E-state index in [2.05, 4.69) is 106 Å². The number of aromatic nitrogens is 5. The van der Waals surface area contributed by atoms with Gasteiger partial charge in [0.05, 0.1) is 6.04 Å². The molecule has 1 fully saturated rings. The number of fused-ring (bicyclic) bond motifs is 1. The Bertz CT molecular complexity index is 1650. The molecule has 41 heavy (non-hydrogen) atoms. The molecule has 210 valence electrons. The van der Waals surface area contributed by atoms with E-state index in [1.54, 1.807) is 0 Å². The van der Waals surface area contributed by atoms with Crippen LogP contribution in [0.2, 0.25) is 0 Å². The fourth-order valence-electron chi connectivity index (χ4n) is 6.20. The maximum Gasteiger partial charge on any atom is 0.253 e. The lowest BCUT2D eigenvalue weighted by atomic mass is 9.94. The maximum absolute atomic E-state index is 13.9. The molecule has 7 nitrogen and oxygen atoms in total. The normalized spacial score (nSPS) is 15.0. The Hall–Kier alpha value is -4.10. The van der Waals surface area contributed by atoms with Crippen LogP contribution in [0.4, 0.5) is 0 Å². The molecule has 2 heterocycles. The molecule has 1 saturated carbocycles. The third-order valence-corrected chi connectivity index (χ3v) is 8.59. The molecule has 2 aromatic heterocycles. The van der Waals surface area contributed by atoms with Crippen molar-refractivity contribution in [2.75, 3.05) is 6.54 Å². The summed E-state index contributed by atoms with van der Waals surface area (Å²) in [6.45, 7) is 5.60. The lowest BCUT2D eigenvalue weighted by Gasteiger charge is -2.33. The van der Waals surface area contributed by atoms with E-state index in [4.69, 9.17) is 0 Å². The van der Waals surface area contributed by atoms with Crippen molar-refractivity contribution in [2.45, 2.75) is 71.0 Å². The number of aryl methyl sites for hydroxylation is 2. The first-order chi connectivity index (χ1) is 20.1. The Labute approximate surface area is 241 Å². The van der Waals surface area contributed by atoms with Crippen LogP contribution < -0.4 is 5.56 Å². The number of H-pyrrole nitrogens is 1. The van der Waals surface area contributed by atoms with Crippen LogP contribution in [0.3, 0.4) is 0 Å². The van der Waals surface area contributed by atoms with E-state index in [-0.39, 0.29) is 11.6 Å². The summed E-state index contributed by atoms with van der Waals surface area (Å²) in [5.74, 6) is 0.745. The van der Waals surface area contributed by atoms with Gasteiger partial charge in [0.2, 0.25) is 0 Å². The largest absolute Gasteiger partial charge is 0.322 e. The van der Waals surface area contributed by atoms with Gasteiger partial charge in [-0.25, -0.2) is 4.68 Å². The third kappa shape index (κ3) is 6.00. The van der Waals surface area contributed by atoms with Gasteiger partial charge in [-0.1, -0.05) is 79.9 Å². The molecule has 6 rings (SSSR count). The fourth-order valence-corrected chi connectivity index (χ4v) is 6.20. The van der Waals surface area contributed by atoms with Gasteiger partial charge in [0.25, 0.3) is 5.56 Å². The second-order valence-corrected chi connectivity index (χ2v) is 11.4. The standard InChI is InChI=1S/C34H38N6O/c1-24-20-28-22-30(34(41)35-31(28)21-25(24)2)32(33-36-37-38-40(33)29-16-10-5-11-17-29)39(23-27-14-8-4-9-15-27)19-18-26-12-6-3-7-13-26/h3-4,6-9,12-15,20-22,29,32H,5,10-11,16-19,23H2,1-2H3,(H,35,41). The quantitative estimate of drug-likeness (QED) is 0.229. The van der Waals surface area contributed by atoms with Crippen molar-refractivity contribution in [3.8, 4) is 0 Å². The molecular weight excluding hydrogens is 508 g/mol. The second kappa shape index (κ2) is 12.2. The zero-order valence-electron chi connectivity index (χ0n) is 24.0. The minimum absolute atomic E-state index is 0.0956. The summed E-state index contributed by atoms with van der Waals surface area (Å²) in [4.78, 5) is 19.5. The SMILES string of the molecule is Cc1cc2cc(C(c3nnnn3C3CCCCC3)N(CCc3ccccc3)Cc3ccccc3)c(=O)[nH]c2cc1C. The van der Waals surface area contributed by atoms with Crippen LogP contribution in [0, 0.1) is 13.8 Å². The lowest BCUT2D eigenvalue weighted by Crippen LogP contribution is -2.37. The number of aromatic amines is 1. The van der Waals surface area contributed by atoms with Crippen LogP contribution in [0.25, 0.3) is 10.9 Å². The first kappa shape index (κ1) is 27.1. The van der Waals surface area contributed by atoms with E-state index in [1.165, 1.54) is 36.0 Å². The summed E-state index contributed by atoms with van der Waals surface area (Å²) in [5, 5.41) is 14.4. The highest BCUT2D eigenvalue weighted by atomic mass is 16.1. The smallest absolute Gasteiger partial charge is 0.253 e. The molecule has 1 aliphatic rings. The first-order valence-corrected chi connectivity index (χ1v) is 14.8. The molecule has 0 bridgehead atoms. The van der Waals surface area contributed by atoms with Crippen LogP contribution in [-0.2, 0) is 13.0 Å². The molecule has 3 aromatic carbocycles. The van der Waals surface area contributed by atoms with Crippen LogP contribution in [-0.4, -0.2) is 36.6 Å². The highest BCUT2D eigenvalue weighted by molar-refractivity contribution is 5.81. The summed E-state index contributed by atoms with van der Waals surface area (Å²) >= 11 is 0. The number of rotatable bonds is 9. The number of nitrogens with one attached hydrogen (secondary N) is 1. The van der Waals surface area contributed by atoms with Gasteiger partial charge in [-0.05, 0) is 89.4 Å². The Balaban J connectivity index is 1.50. The zero-order chi connectivity index (χ0) is 28.2. The molecular formula is C34H38N6O. The highest BCUT2D eigenvalue weighted by Gasteiger charge is 2.33. The monoisotopic (exact) mass is 546 g/mol. The van der Waals surface area contributed by atoms with Gasteiger partial charge in [0, 0.05) is 24.2 Å². The van der Waals surface area contributed by atoms with Crippen molar-refractivity contribution in [1.29, 1.82) is 0 Å². The van der Waals surface area contributed by atoms with E-state index in [1.807, 2.05) is 16.8 Å². The van der Waals surface area contributed by atoms with Crippen molar-refractivity contribution >= 4 is 10.9 Å². The molecule has 0 spiro atoms. The molecule has 7 heteroatoms. The molecule has 1 aliphatic carbocycles. The minimum atomic E-state index is -0.411. The highest BCUT2D eigenvalue weighted by Crippen LogP contribution is 2.34. The molecule has 0 saturated heterocycles. The molecule has 5 aromatic rings. The molecule has 1 unspecified atom stereocenters. The van der Waals surface area contributed by atoms with E-state index < -0.39 is 6.04 Å². The first-order valence-electron chi connectivity index (χ1n) is 14.8. The number of nitrogens with zero attached hydrogens (tertiary/aromatic N) is 5. The van der Waals surface area contributed by atoms with Crippen molar-refractivity contribution in [2.24, 2.45) is 0 Å². The predicted octanol–water partition coefficient (Wildman–Crippen LogP) is 6.47. The van der Waals surface area contributed by atoms with Gasteiger partial charge >= 0.3 is 0 Å². The average molecular weight is 547 g/mol. The summed E-state index contributed by atoms with van der Waals surface area (Å²) in [6.07, 6.45) is 6.55. The summed E-state index contributed by atoms with van der Waals surface area (Å²) in [7, 11) is 0. The number of benzene rings is 3. The van der Waals surface area contributed by atoms with Crippen LogP contribution in [0.15, 0.2) is 83.7 Å². The Morgan fingerprint density at radius 3 is 2.32 bits per heavy atom. The van der Waals surface area contributed by atoms with Crippen LogP contribution in [0.5, 0.6) is 0 Å². The van der Waals surface area contributed by atoms with Gasteiger partial charge < -0.3 is 4.98 Å². The molecule has 1 N–H and O–H groups in total. The lowest BCUT2D eigenvalue weighted by molar-refractivity contribution is 0.197. The van der Waals surface area contributed by atoms with E-state index in [0.717, 1.165) is 48.1 Å². The molecule has 0 radical (unpaired) electrons. The topological polar surface area (TPSA) is 79.7 Å². The van der Waals surface area contributed by atoms with Gasteiger partial charge in [0.1, 0.15) is 6.04 Å². The van der Waals surface area contributed by atoms with Gasteiger partial charge in [-0.3, -0.25) is 9.69 Å². The van der Waals surface area contributed by atoms with Gasteiger partial charge in [0.15, 0.2) is 5.82 Å². The summed E-state index contributed by atoms with van der Waals surface area (Å²) < 4.78 is 2.02. The minimum Gasteiger partial charge on any atom is -0.322 e. The molecule has 0 aliphatic heterocycles. The van der Waals surface area contributed by atoms with Crippen LogP contribution >= 0.6 is 0 Å². The molecule has 0 amide bonds. The van der Waals surface area contributed by atoms with E-state index in [9.17, 15) is 4.79 Å². The van der Waals surface area contributed by atoms with Crippen molar-refractivity contribution in [3.63, 3.8) is 0 Å². The third-order valence-electron chi connectivity index (χ3n) is 8.59. The number of hydrogen-bond donors (Lipinski definition) is 1. The van der Waals surface area contributed by atoms with E-state index in [0.29, 0.717) is 12.1 Å². The second-order valence-electron chi connectivity index (χ2n) is 11.4. The van der Waals surface area contributed by atoms with Crippen LogP contribution in [0.1, 0.15) is 77.8 Å². The summed E-state index contributed by atoms with van der Waals surface area (Å²) in [6, 6.07) is 27.1. The van der Waals surface area contributed by atoms with Crippen molar-refractivity contribution < 1.29 is 0 Å². The maximum atomic E-state index is 13.9. The zero-order valence-corrected chi connectivity index (χ0v) is 24.0. The Morgan fingerprint density at radius 1 is 0.902 bits per heavy atom. The van der Waals surface area contributed by atoms with E-state index >= 15 is 0 Å². The number of pyridine rings is 1. The average Bonchev–Trinajstić information content (AvgIpc) is 3.48. The van der Waals surface area contributed by atoms with Gasteiger partial charge in [-0.2, -0.15) is 0 Å². The van der Waals surface area contributed by atoms with Gasteiger partial charge in [-0.15, -0.1) is 5.10 Å². The Kier molecular flexibility index (Phi) is 8.05. The van der Waals surface area contributed by atoms with Crippen molar-refractivity contribution in [1.82, 2.24) is 30.1 Å². The number of hydrogen-bond acceptors (Lipinski definition) is 5. The predicted molar refractivity (Wildman–Crippen MR) is 163 cm³/mol.